The molecule has 2 rings (SSSR count). The average Bonchev–Trinajstić information content (AvgIpc) is 2.70. The van der Waals surface area contributed by atoms with Gasteiger partial charge in [-0.05, 0) is 64.3 Å². The highest BCUT2D eigenvalue weighted by Gasteiger charge is 2.28. The minimum Gasteiger partial charge on any atom is -0.484 e. The van der Waals surface area contributed by atoms with E-state index < -0.39 is 6.04 Å². The molecule has 0 aromatic heterocycles. The lowest BCUT2D eigenvalue weighted by Crippen LogP contribution is -2.53. The van der Waals surface area contributed by atoms with Gasteiger partial charge in [0.2, 0.25) is 5.91 Å². The summed E-state index contributed by atoms with van der Waals surface area (Å²) in [5.74, 6) is 0.226. The van der Waals surface area contributed by atoms with Crippen LogP contribution in [0.5, 0.6) is 5.75 Å². The van der Waals surface area contributed by atoms with E-state index >= 15 is 0 Å². The molecule has 1 atom stereocenters. The van der Waals surface area contributed by atoms with Crippen molar-refractivity contribution < 1.29 is 14.3 Å². The Balaban J connectivity index is 2.14. The molecule has 2 aromatic carbocycles. The fourth-order valence-corrected chi connectivity index (χ4v) is 3.00. The van der Waals surface area contributed by atoms with Crippen LogP contribution in [0.3, 0.4) is 0 Å². The van der Waals surface area contributed by atoms with Crippen molar-refractivity contribution in [3.8, 4) is 5.75 Å². The van der Waals surface area contributed by atoms with Crippen molar-refractivity contribution >= 4 is 11.8 Å². The molecular formula is C25H34N2O3. The molecule has 2 amide bonds. The molecule has 2 aromatic rings. The van der Waals surface area contributed by atoms with Crippen LogP contribution in [0.15, 0.2) is 48.5 Å². The van der Waals surface area contributed by atoms with E-state index in [0.717, 1.165) is 17.5 Å². The van der Waals surface area contributed by atoms with Crippen LogP contribution in [0.1, 0.15) is 51.3 Å². The lowest BCUT2D eigenvalue weighted by atomic mass is 10.1. The third kappa shape index (κ3) is 7.21. The maximum atomic E-state index is 13.0. The molecule has 30 heavy (non-hydrogen) atoms. The van der Waals surface area contributed by atoms with Crippen LogP contribution >= 0.6 is 0 Å². The van der Waals surface area contributed by atoms with Crippen LogP contribution in [0.25, 0.3) is 0 Å². The van der Waals surface area contributed by atoms with Crippen LogP contribution in [-0.2, 0) is 22.6 Å². The zero-order chi connectivity index (χ0) is 22.3. The maximum absolute atomic E-state index is 13.0. The number of amides is 2. The minimum absolute atomic E-state index is 0.121. The Morgan fingerprint density at radius 3 is 2.10 bits per heavy atom. The molecule has 0 heterocycles. The van der Waals surface area contributed by atoms with Gasteiger partial charge in [-0.1, -0.05) is 48.9 Å². The van der Waals surface area contributed by atoms with Crippen molar-refractivity contribution in [2.24, 2.45) is 0 Å². The second-order valence-corrected chi connectivity index (χ2v) is 8.71. The Morgan fingerprint density at radius 1 is 1.00 bits per heavy atom. The Hall–Kier alpha value is -2.82. The molecule has 5 nitrogen and oxygen atoms in total. The number of aryl methyl sites for hydroxylation is 2. The normalized spacial score (nSPS) is 12.2. The smallest absolute Gasteiger partial charge is 0.261 e. The lowest BCUT2D eigenvalue weighted by Gasteiger charge is -2.31. The molecule has 0 saturated carbocycles. The third-order valence-corrected chi connectivity index (χ3v) is 4.83. The number of nitrogens with zero attached hydrogens (tertiary/aromatic N) is 1. The third-order valence-electron chi connectivity index (χ3n) is 4.83. The largest absolute Gasteiger partial charge is 0.484 e. The fourth-order valence-electron chi connectivity index (χ4n) is 3.00. The van der Waals surface area contributed by atoms with Crippen LogP contribution in [0, 0.1) is 6.92 Å². The molecule has 162 valence electrons. The van der Waals surface area contributed by atoms with Crippen LogP contribution < -0.4 is 10.1 Å². The van der Waals surface area contributed by atoms with Gasteiger partial charge in [-0.25, -0.2) is 0 Å². The van der Waals surface area contributed by atoms with Crippen molar-refractivity contribution in [3.63, 3.8) is 0 Å². The summed E-state index contributed by atoms with van der Waals surface area (Å²) >= 11 is 0. The molecule has 0 radical (unpaired) electrons. The van der Waals surface area contributed by atoms with Crippen molar-refractivity contribution in [2.45, 2.75) is 66.1 Å². The Bertz CT molecular complexity index is 836. The number of carbonyl (C=O) groups is 2. The quantitative estimate of drug-likeness (QED) is 0.707. The highest BCUT2D eigenvalue weighted by Crippen LogP contribution is 2.15. The van der Waals surface area contributed by atoms with Crippen molar-refractivity contribution in [2.75, 3.05) is 6.61 Å². The number of carbonyl (C=O) groups excluding carboxylic acids is 2. The first-order valence-electron chi connectivity index (χ1n) is 10.5. The van der Waals surface area contributed by atoms with Crippen LogP contribution in [0.4, 0.5) is 0 Å². The zero-order valence-electron chi connectivity index (χ0n) is 19.0. The van der Waals surface area contributed by atoms with Crippen LogP contribution in [-0.4, -0.2) is 34.9 Å². The van der Waals surface area contributed by atoms with Gasteiger partial charge in [0.25, 0.3) is 5.91 Å². The second kappa shape index (κ2) is 10.3. The molecule has 0 unspecified atom stereocenters. The summed E-state index contributed by atoms with van der Waals surface area (Å²) < 4.78 is 5.71. The van der Waals surface area contributed by atoms with E-state index in [4.69, 9.17) is 4.74 Å². The second-order valence-electron chi connectivity index (χ2n) is 8.71. The van der Waals surface area contributed by atoms with Gasteiger partial charge < -0.3 is 15.0 Å². The van der Waals surface area contributed by atoms with Crippen molar-refractivity contribution in [1.82, 2.24) is 10.2 Å². The van der Waals surface area contributed by atoms with Gasteiger partial charge in [-0.15, -0.1) is 0 Å². The molecule has 0 saturated heterocycles. The fraction of sp³-hybridized carbons (Fsp3) is 0.440. The van der Waals surface area contributed by atoms with E-state index in [2.05, 4.69) is 12.2 Å². The van der Waals surface area contributed by atoms with Gasteiger partial charge in [-0.3, -0.25) is 9.59 Å². The lowest BCUT2D eigenvalue weighted by molar-refractivity contribution is -0.142. The van der Waals surface area contributed by atoms with Crippen LogP contribution in [0.2, 0.25) is 0 Å². The van der Waals surface area contributed by atoms with Gasteiger partial charge in [-0.2, -0.15) is 0 Å². The molecule has 0 aliphatic heterocycles. The monoisotopic (exact) mass is 410 g/mol. The first-order chi connectivity index (χ1) is 14.1. The molecule has 0 aliphatic rings. The summed E-state index contributed by atoms with van der Waals surface area (Å²) in [6.07, 6.45) is 0.948. The summed E-state index contributed by atoms with van der Waals surface area (Å²) in [4.78, 5) is 27.4. The molecule has 0 spiro atoms. The van der Waals surface area contributed by atoms with E-state index in [1.807, 2.05) is 76.2 Å². The van der Waals surface area contributed by atoms with E-state index in [1.54, 1.807) is 11.8 Å². The SMILES string of the molecule is CCc1ccc(OCC(=O)N(Cc2ccc(C)cc2)[C@@H](C)C(=O)NC(C)(C)C)cc1. The summed E-state index contributed by atoms with van der Waals surface area (Å²) in [7, 11) is 0. The Kier molecular flexibility index (Phi) is 8.04. The van der Waals surface area contributed by atoms with Crippen molar-refractivity contribution in [1.29, 1.82) is 0 Å². The van der Waals surface area contributed by atoms with Gasteiger partial charge in [0.15, 0.2) is 6.61 Å². The minimum atomic E-state index is -0.621. The summed E-state index contributed by atoms with van der Waals surface area (Å²) in [5, 5.41) is 2.96. The zero-order valence-corrected chi connectivity index (χ0v) is 19.0. The van der Waals surface area contributed by atoms with Gasteiger partial charge in [0.1, 0.15) is 11.8 Å². The number of ether oxygens (including phenoxy) is 1. The highest BCUT2D eigenvalue weighted by atomic mass is 16.5. The number of rotatable bonds is 8. The van der Waals surface area contributed by atoms with E-state index in [-0.39, 0.29) is 24.0 Å². The standard InChI is InChI=1S/C25H34N2O3/c1-7-20-12-14-22(15-13-20)30-17-23(28)27(16-21-10-8-18(2)9-11-21)19(3)24(29)26-25(4,5)6/h8-15,19H,7,16-17H2,1-6H3,(H,26,29)/t19-/m0/s1. The van der Waals surface area contributed by atoms with Crippen molar-refractivity contribution in [3.05, 3.63) is 65.2 Å². The number of nitrogens with one attached hydrogen (secondary N) is 1. The highest BCUT2D eigenvalue weighted by molar-refractivity contribution is 5.88. The number of hydrogen-bond acceptors (Lipinski definition) is 3. The van der Waals surface area contributed by atoms with Gasteiger partial charge >= 0.3 is 0 Å². The first-order valence-corrected chi connectivity index (χ1v) is 10.5. The Labute approximate surface area is 180 Å². The van der Waals surface area contributed by atoms with Gasteiger partial charge in [0.05, 0.1) is 0 Å². The molecular weight excluding hydrogens is 376 g/mol. The van der Waals surface area contributed by atoms with E-state index in [1.165, 1.54) is 5.56 Å². The van der Waals surface area contributed by atoms with E-state index in [9.17, 15) is 9.59 Å². The number of benzene rings is 2. The predicted molar refractivity (Wildman–Crippen MR) is 120 cm³/mol. The molecule has 0 bridgehead atoms. The van der Waals surface area contributed by atoms with Gasteiger partial charge in [0, 0.05) is 12.1 Å². The molecule has 0 fully saturated rings. The summed E-state index contributed by atoms with van der Waals surface area (Å²) in [6, 6.07) is 15.1. The summed E-state index contributed by atoms with van der Waals surface area (Å²) in [5.41, 5.74) is 2.95. The first kappa shape index (κ1) is 23.5. The Morgan fingerprint density at radius 2 is 1.57 bits per heavy atom. The summed E-state index contributed by atoms with van der Waals surface area (Å²) in [6.45, 7) is 11.9. The average molecular weight is 411 g/mol. The predicted octanol–water partition coefficient (Wildman–Crippen LogP) is 4.27. The number of hydrogen-bond donors (Lipinski definition) is 1. The topological polar surface area (TPSA) is 58.6 Å². The molecule has 5 heteroatoms. The maximum Gasteiger partial charge on any atom is 0.261 e. The molecule has 0 aliphatic carbocycles. The van der Waals surface area contributed by atoms with E-state index in [0.29, 0.717) is 12.3 Å². The molecule has 1 N–H and O–H groups in total.